The van der Waals surface area contributed by atoms with Gasteiger partial charge in [-0.3, -0.25) is 4.98 Å². The Hall–Kier alpha value is -1.20. The normalized spacial score (nSPS) is 17.1. The Bertz CT molecular complexity index is 725. The second-order valence-electron chi connectivity index (χ2n) is 4.79. The summed E-state index contributed by atoms with van der Waals surface area (Å²) in [6.45, 7) is 0. The Labute approximate surface area is 116 Å². The molecule has 0 radical (unpaired) electrons. The number of sulfone groups is 1. The summed E-state index contributed by atoms with van der Waals surface area (Å²) in [5, 5.41) is 0.342. The first-order chi connectivity index (χ1) is 9.07. The van der Waals surface area contributed by atoms with Gasteiger partial charge in [0.1, 0.15) is 0 Å². The van der Waals surface area contributed by atoms with Crippen LogP contribution in [0, 0.1) is 0 Å². The van der Waals surface area contributed by atoms with Gasteiger partial charge in [0, 0.05) is 5.02 Å². The van der Waals surface area contributed by atoms with Gasteiger partial charge in [-0.05, 0) is 31.0 Å². The van der Waals surface area contributed by atoms with Crippen molar-refractivity contribution in [1.29, 1.82) is 0 Å². The van der Waals surface area contributed by atoms with Crippen LogP contribution in [0.2, 0.25) is 5.02 Å². The first-order valence-corrected chi connectivity index (χ1v) is 8.16. The molecule has 1 heterocycles. The van der Waals surface area contributed by atoms with E-state index in [1.54, 1.807) is 18.2 Å². The Morgan fingerprint density at radius 1 is 1.16 bits per heavy atom. The number of hydrogen-bond acceptors (Lipinski definition) is 4. The molecule has 2 aromatic rings. The van der Waals surface area contributed by atoms with Crippen molar-refractivity contribution in [1.82, 2.24) is 9.97 Å². The molecule has 1 aliphatic carbocycles. The van der Waals surface area contributed by atoms with Crippen molar-refractivity contribution >= 4 is 32.5 Å². The minimum absolute atomic E-state index is 0.0780. The summed E-state index contributed by atoms with van der Waals surface area (Å²) in [6, 6.07) is 5.05. The number of nitrogens with zero attached hydrogens (tertiary/aromatic N) is 2. The largest absolute Gasteiger partial charge is 0.252 e. The van der Waals surface area contributed by atoms with E-state index in [0.717, 1.165) is 25.7 Å². The van der Waals surface area contributed by atoms with Gasteiger partial charge in [-0.1, -0.05) is 24.4 Å². The summed E-state index contributed by atoms with van der Waals surface area (Å²) < 4.78 is 24.8. The molecule has 1 aromatic carbocycles. The van der Waals surface area contributed by atoms with Crippen molar-refractivity contribution in [2.75, 3.05) is 0 Å². The molecule has 0 spiro atoms. The summed E-state index contributed by atoms with van der Waals surface area (Å²) in [6.07, 6.45) is 4.73. The van der Waals surface area contributed by atoms with Gasteiger partial charge in [0.15, 0.2) is 14.9 Å². The Morgan fingerprint density at radius 2 is 1.89 bits per heavy atom. The third-order valence-electron chi connectivity index (χ3n) is 3.51. The molecule has 3 rings (SSSR count). The van der Waals surface area contributed by atoms with Gasteiger partial charge in [-0.15, -0.1) is 0 Å². The molecule has 0 amide bonds. The van der Waals surface area contributed by atoms with Crippen LogP contribution in [0.3, 0.4) is 0 Å². The minimum Gasteiger partial charge on any atom is -0.252 e. The molecular formula is C13H13ClN2O2S. The lowest BCUT2D eigenvalue weighted by atomic mass is 10.3. The van der Waals surface area contributed by atoms with E-state index in [-0.39, 0.29) is 10.3 Å². The molecule has 4 nitrogen and oxygen atoms in total. The van der Waals surface area contributed by atoms with Crippen LogP contribution in [-0.4, -0.2) is 23.6 Å². The van der Waals surface area contributed by atoms with Gasteiger partial charge in [0.25, 0.3) is 0 Å². The highest BCUT2D eigenvalue weighted by molar-refractivity contribution is 7.92. The van der Waals surface area contributed by atoms with E-state index in [2.05, 4.69) is 9.97 Å². The first-order valence-electron chi connectivity index (χ1n) is 6.23. The van der Waals surface area contributed by atoms with Gasteiger partial charge >= 0.3 is 0 Å². The lowest BCUT2D eigenvalue weighted by molar-refractivity contribution is 0.576. The summed E-state index contributed by atoms with van der Waals surface area (Å²) in [5.74, 6) is 0. The zero-order valence-electron chi connectivity index (χ0n) is 10.2. The van der Waals surface area contributed by atoms with Crippen molar-refractivity contribution in [2.24, 2.45) is 0 Å². The van der Waals surface area contributed by atoms with Crippen LogP contribution in [0.5, 0.6) is 0 Å². The first kappa shape index (κ1) is 12.8. The second-order valence-corrected chi connectivity index (χ2v) is 7.40. The number of halogens is 1. The zero-order valence-corrected chi connectivity index (χ0v) is 11.8. The van der Waals surface area contributed by atoms with Crippen LogP contribution in [-0.2, 0) is 9.84 Å². The van der Waals surface area contributed by atoms with E-state index >= 15 is 0 Å². The molecule has 0 aliphatic heterocycles. The number of rotatable bonds is 2. The van der Waals surface area contributed by atoms with Crippen LogP contribution in [0.25, 0.3) is 11.0 Å². The third-order valence-corrected chi connectivity index (χ3v) is 5.88. The third kappa shape index (κ3) is 2.32. The van der Waals surface area contributed by atoms with E-state index in [0.29, 0.717) is 16.1 Å². The van der Waals surface area contributed by atoms with Crippen LogP contribution in [0.15, 0.2) is 29.4 Å². The quantitative estimate of drug-likeness (QED) is 0.855. The van der Waals surface area contributed by atoms with Crippen LogP contribution < -0.4 is 0 Å². The second kappa shape index (κ2) is 4.72. The van der Waals surface area contributed by atoms with Crippen molar-refractivity contribution in [3.8, 4) is 0 Å². The molecule has 19 heavy (non-hydrogen) atoms. The monoisotopic (exact) mass is 296 g/mol. The highest BCUT2D eigenvalue weighted by atomic mass is 35.5. The highest BCUT2D eigenvalue weighted by Gasteiger charge is 2.31. The molecule has 0 atom stereocenters. The molecule has 1 aromatic heterocycles. The smallest absolute Gasteiger partial charge is 0.200 e. The molecule has 0 saturated heterocycles. The SMILES string of the molecule is O=S(=O)(c1cnc2cc(Cl)ccc2n1)C1CCCC1. The van der Waals surface area contributed by atoms with E-state index in [1.807, 2.05) is 0 Å². The predicted octanol–water partition coefficient (Wildman–Crippen LogP) is 3.00. The van der Waals surface area contributed by atoms with Gasteiger partial charge in [0.05, 0.1) is 22.5 Å². The van der Waals surface area contributed by atoms with Crippen molar-refractivity contribution < 1.29 is 8.42 Å². The average Bonchev–Trinajstić information content (AvgIpc) is 2.92. The Balaban J connectivity index is 2.08. The number of aromatic nitrogens is 2. The molecular weight excluding hydrogens is 284 g/mol. The fraction of sp³-hybridized carbons (Fsp3) is 0.385. The number of hydrogen-bond donors (Lipinski definition) is 0. The van der Waals surface area contributed by atoms with Crippen molar-refractivity contribution in [3.63, 3.8) is 0 Å². The van der Waals surface area contributed by atoms with Gasteiger partial charge < -0.3 is 0 Å². The molecule has 0 unspecified atom stereocenters. The summed E-state index contributed by atoms with van der Waals surface area (Å²) in [5.41, 5.74) is 1.17. The predicted molar refractivity (Wildman–Crippen MR) is 74.0 cm³/mol. The standard InChI is InChI=1S/C13H13ClN2O2S/c14-9-5-6-11-12(7-9)15-8-13(16-11)19(17,18)10-3-1-2-4-10/h5-8,10H,1-4H2. The van der Waals surface area contributed by atoms with E-state index in [1.165, 1.54) is 6.20 Å². The van der Waals surface area contributed by atoms with Gasteiger partial charge in [0.2, 0.25) is 0 Å². The highest BCUT2D eigenvalue weighted by Crippen LogP contribution is 2.29. The number of benzene rings is 1. The van der Waals surface area contributed by atoms with Crippen LogP contribution >= 0.6 is 11.6 Å². The molecule has 1 aliphatic rings. The maximum Gasteiger partial charge on any atom is 0.200 e. The summed E-state index contributed by atoms with van der Waals surface area (Å²) in [7, 11) is -3.35. The lowest BCUT2D eigenvalue weighted by Crippen LogP contribution is -2.19. The average molecular weight is 297 g/mol. The molecule has 6 heteroatoms. The maximum atomic E-state index is 12.4. The van der Waals surface area contributed by atoms with E-state index in [4.69, 9.17) is 11.6 Å². The zero-order chi connectivity index (χ0) is 13.5. The molecule has 0 N–H and O–H groups in total. The molecule has 0 bridgehead atoms. The Morgan fingerprint density at radius 3 is 2.63 bits per heavy atom. The van der Waals surface area contributed by atoms with Gasteiger partial charge in [-0.25, -0.2) is 13.4 Å². The Kier molecular flexibility index (Phi) is 3.19. The number of fused-ring (bicyclic) bond motifs is 1. The molecule has 1 saturated carbocycles. The minimum atomic E-state index is -3.35. The molecule has 100 valence electrons. The van der Waals surface area contributed by atoms with E-state index < -0.39 is 9.84 Å². The molecule has 1 fully saturated rings. The summed E-state index contributed by atoms with van der Waals surface area (Å²) in [4.78, 5) is 8.38. The maximum absolute atomic E-state index is 12.4. The van der Waals surface area contributed by atoms with E-state index in [9.17, 15) is 8.42 Å². The lowest BCUT2D eigenvalue weighted by Gasteiger charge is -2.10. The topological polar surface area (TPSA) is 59.9 Å². The summed E-state index contributed by atoms with van der Waals surface area (Å²) >= 11 is 5.87. The van der Waals surface area contributed by atoms with Crippen LogP contribution in [0.4, 0.5) is 0 Å². The van der Waals surface area contributed by atoms with Crippen LogP contribution in [0.1, 0.15) is 25.7 Å². The fourth-order valence-corrected chi connectivity index (χ4v) is 4.36. The van der Waals surface area contributed by atoms with Gasteiger partial charge in [-0.2, -0.15) is 0 Å². The van der Waals surface area contributed by atoms with Crippen molar-refractivity contribution in [2.45, 2.75) is 36.0 Å². The fourth-order valence-electron chi connectivity index (χ4n) is 2.47. The van der Waals surface area contributed by atoms with Crippen molar-refractivity contribution in [3.05, 3.63) is 29.4 Å².